The monoisotopic (exact) mass is 381 g/mol. The van der Waals surface area contributed by atoms with Gasteiger partial charge in [-0.3, -0.25) is 4.98 Å². The fourth-order valence-electron chi connectivity index (χ4n) is 2.40. The van der Waals surface area contributed by atoms with Crippen LogP contribution in [0.15, 0.2) is 60.1 Å². The molecular formula is C19H12ClN3O2S. The van der Waals surface area contributed by atoms with Gasteiger partial charge < -0.3 is 4.74 Å². The van der Waals surface area contributed by atoms with Crippen molar-refractivity contribution >= 4 is 39.9 Å². The van der Waals surface area contributed by atoms with E-state index in [9.17, 15) is 4.79 Å². The van der Waals surface area contributed by atoms with Gasteiger partial charge in [0.25, 0.3) is 0 Å². The average Bonchev–Trinajstić information content (AvgIpc) is 3.15. The van der Waals surface area contributed by atoms with Crippen LogP contribution in [0.5, 0.6) is 0 Å². The number of ether oxygens (including phenoxy) is 1. The van der Waals surface area contributed by atoms with E-state index in [1.54, 1.807) is 6.07 Å². The van der Waals surface area contributed by atoms with Crippen LogP contribution in [-0.2, 0) is 11.3 Å². The number of benzene rings is 2. The molecule has 26 heavy (non-hydrogen) atoms. The largest absolute Gasteiger partial charge is 0.454 e. The van der Waals surface area contributed by atoms with Crippen molar-refractivity contribution in [2.75, 3.05) is 0 Å². The lowest BCUT2D eigenvalue weighted by molar-refractivity contribution is 0.0461. The second-order valence-corrected chi connectivity index (χ2v) is 6.71. The third-order valence-electron chi connectivity index (χ3n) is 3.66. The molecule has 0 bridgehead atoms. The smallest absolute Gasteiger partial charge is 0.358 e. The molecule has 0 saturated carbocycles. The Balaban J connectivity index is 1.47. The SMILES string of the molecule is O=C(OCc1csc(-c2ccccc2Cl)n1)c1cnc2ccccc2n1. The van der Waals surface area contributed by atoms with E-state index < -0.39 is 5.97 Å². The minimum Gasteiger partial charge on any atom is -0.454 e. The molecule has 0 atom stereocenters. The molecule has 5 nitrogen and oxygen atoms in total. The first-order valence-electron chi connectivity index (χ1n) is 7.79. The van der Waals surface area contributed by atoms with E-state index in [1.807, 2.05) is 47.8 Å². The van der Waals surface area contributed by atoms with Crippen LogP contribution >= 0.6 is 22.9 Å². The number of fused-ring (bicyclic) bond motifs is 1. The Kier molecular flexibility index (Phi) is 4.60. The second kappa shape index (κ2) is 7.19. The number of rotatable bonds is 4. The van der Waals surface area contributed by atoms with Gasteiger partial charge in [-0.15, -0.1) is 11.3 Å². The van der Waals surface area contributed by atoms with Crippen LogP contribution in [0.3, 0.4) is 0 Å². The molecule has 2 aromatic carbocycles. The van der Waals surface area contributed by atoms with Crippen LogP contribution < -0.4 is 0 Å². The number of hydrogen-bond donors (Lipinski definition) is 0. The molecular weight excluding hydrogens is 370 g/mol. The van der Waals surface area contributed by atoms with E-state index in [-0.39, 0.29) is 12.3 Å². The van der Waals surface area contributed by atoms with Crippen LogP contribution in [0.2, 0.25) is 5.02 Å². The van der Waals surface area contributed by atoms with Crippen molar-refractivity contribution in [1.82, 2.24) is 15.0 Å². The van der Waals surface area contributed by atoms with Crippen LogP contribution in [-0.4, -0.2) is 20.9 Å². The van der Waals surface area contributed by atoms with E-state index in [1.165, 1.54) is 17.5 Å². The van der Waals surface area contributed by atoms with Gasteiger partial charge >= 0.3 is 5.97 Å². The molecule has 0 N–H and O–H groups in total. The predicted octanol–water partition coefficient (Wildman–Crippen LogP) is 4.76. The second-order valence-electron chi connectivity index (χ2n) is 5.44. The first kappa shape index (κ1) is 16.6. The van der Waals surface area contributed by atoms with Gasteiger partial charge in [-0.05, 0) is 18.2 Å². The minimum atomic E-state index is -0.532. The molecule has 0 saturated heterocycles. The molecule has 0 aliphatic carbocycles. The summed E-state index contributed by atoms with van der Waals surface area (Å²) in [6, 6.07) is 14.8. The Morgan fingerprint density at radius 3 is 2.65 bits per heavy atom. The van der Waals surface area contributed by atoms with Gasteiger partial charge in [0.05, 0.1) is 27.9 Å². The van der Waals surface area contributed by atoms with E-state index in [4.69, 9.17) is 16.3 Å². The van der Waals surface area contributed by atoms with Gasteiger partial charge in [-0.1, -0.05) is 41.9 Å². The summed E-state index contributed by atoms with van der Waals surface area (Å²) in [5, 5.41) is 3.27. The van der Waals surface area contributed by atoms with Gasteiger partial charge in [0.2, 0.25) is 0 Å². The Morgan fingerprint density at radius 1 is 1.04 bits per heavy atom. The van der Waals surface area contributed by atoms with Gasteiger partial charge in [-0.25, -0.2) is 14.8 Å². The fourth-order valence-corrected chi connectivity index (χ4v) is 3.53. The number of carbonyl (C=O) groups excluding carboxylic acids is 1. The highest BCUT2D eigenvalue weighted by molar-refractivity contribution is 7.13. The van der Waals surface area contributed by atoms with Crippen LogP contribution in [0.25, 0.3) is 21.6 Å². The molecule has 0 fully saturated rings. The summed E-state index contributed by atoms with van der Waals surface area (Å²) >= 11 is 7.64. The maximum atomic E-state index is 12.2. The normalized spacial score (nSPS) is 10.8. The summed E-state index contributed by atoms with van der Waals surface area (Å²) in [6.45, 7) is 0.0638. The molecule has 2 aromatic heterocycles. The predicted molar refractivity (Wildman–Crippen MR) is 101 cm³/mol. The highest BCUT2D eigenvalue weighted by atomic mass is 35.5. The topological polar surface area (TPSA) is 65.0 Å². The number of halogens is 1. The molecule has 0 radical (unpaired) electrons. The first-order valence-corrected chi connectivity index (χ1v) is 9.05. The summed E-state index contributed by atoms with van der Waals surface area (Å²) in [4.78, 5) is 25.2. The Hall–Kier alpha value is -2.83. The zero-order valence-corrected chi connectivity index (χ0v) is 15.0. The van der Waals surface area contributed by atoms with Gasteiger partial charge in [-0.2, -0.15) is 0 Å². The minimum absolute atomic E-state index is 0.0638. The van der Waals surface area contributed by atoms with Crippen LogP contribution in [0.4, 0.5) is 0 Å². The quantitative estimate of drug-likeness (QED) is 0.477. The average molecular weight is 382 g/mol. The molecule has 128 valence electrons. The van der Waals surface area contributed by atoms with Crippen molar-refractivity contribution in [1.29, 1.82) is 0 Å². The number of hydrogen-bond acceptors (Lipinski definition) is 6. The zero-order chi connectivity index (χ0) is 17.9. The molecule has 0 aliphatic rings. The third-order valence-corrected chi connectivity index (χ3v) is 4.92. The Morgan fingerprint density at radius 2 is 1.81 bits per heavy atom. The molecule has 4 aromatic rings. The number of nitrogens with zero attached hydrogens (tertiary/aromatic N) is 3. The number of aromatic nitrogens is 3. The lowest BCUT2D eigenvalue weighted by atomic mass is 10.2. The van der Waals surface area contributed by atoms with E-state index in [0.717, 1.165) is 16.1 Å². The highest BCUT2D eigenvalue weighted by Gasteiger charge is 2.13. The lowest BCUT2D eigenvalue weighted by Crippen LogP contribution is -2.08. The Labute approximate surface area is 158 Å². The maximum Gasteiger partial charge on any atom is 0.358 e. The first-order chi connectivity index (χ1) is 12.7. The maximum absolute atomic E-state index is 12.2. The van der Waals surface area contributed by atoms with Gasteiger partial charge in [0, 0.05) is 10.9 Å². The van der Waals surface area contributed by atoms with Gasteiger partial charge in [0.1, 0.15) is 11.6 Å². The van der Waals surface area contributed by atoms with Crippen molar-refractivity contribution in [3.05, 3.63) is 76.5 Å². The van der Waals surface area contributed by atoms with E-state index >= 15 is 0 Å². The summed E-state index contributed by atoms with van der Waals surface area (Å²) in [7, 11) is 0. The Bertz CT molecular complexity index is 1100. The van der Waals surface area contributed by atoms with Crippen molar-refractivity contribution in [2.45, 2.75) is 6.61 Å². The number of thiazole rings is 1. The molecule has 2 heterocycles. The highest BCUT2D eigenvalue weighted by Crippen LogP contribution is 2.30. The fraction of sp³-hybridized carbons (Fsp3) is 0.0526. The summed E-state index contributed by atoms with van der Waals surface area (Å²) in [5.41, 5.74) is 3.07. The van der Waals surface area contributed by atoms with E-state index in [0.29, 0.717) is 16.2 Å². The standard InChI is InChI=1S/C19H12ClN3O2S/c20-14-6-2-1-5-13(14)18-22-12(11-26-18)10-25-19(24)17-9-21-15-7-3-4-8-16(15)23-17/h1-9,11H,10H2. The van der Waals surface area contributed by atoms with Crippen molar-refractivity contribution in [3.63, 3.8) is 0 Å². The van der Waals surface area contributed by atoms with Crippen molar-refractivity contribution < 1.29 is 9.53 Å². The summed E-state index contributed by atoms with van der Waals surface area (Å²) < 4.78 is 5.31. The van der Waals surface area contributed by atoms with Crippen LogP contribution in [0.1, 0.15) is 16.2 Å². The molecule has 7 heteroatoms. The van der Waals surface area contributed by atoms with Crippen molar-refractivity contribution in [3.8, 4) is 10.6 Å². The van der Waals surface area contributed by atoms with Crippen molar-refractivity contribution in [2.24, 2.45) is 0 Å². The molecule has 0 amide bonds. The van der Waals surface area contributed by atoms with E-state index in [2.05, 4.69) is 15.0 Å². The number of carbonyl (C=O) groups is 1. The van der Waals surface area contributed by atoms with Crippen LogP contribution in [0, 0.1) is 0 Å². The van der Waals surface area contributed by atoms with Gasteiger partial charge in [0.15, 0.2) is 5.69 Å². The summed E-state index contributed by atoms with van der Waals surface area (Å²) in [5.74, 6) is -0.532. The molecule has 0 aliphatic heterocycles. The lowest BCUT2D eigenvalue weighted by Gasteiger charge is -2.03. The summed E-state index contributed by atoms with van der Waals surface area (Å²) in [6.07, 6.45) is 1.42. The molecule has 0 spiro atoms. The third kappa shape index (κ3) is 3.42. The number of para-hydroxylation sites is 2. The molecule has 0 unspecified atom stereocenters. The zero-order valence-electron chi connectivity index (χ0n) is 13.4. The molecule has 4 rings (SSSR count). The number of esters is 1.